The van der Waals surface area contributed by atoms with Gasteiger partial charge in [-0.2, -0.15) is 4.31 Å². The van der Waals surface area contributed by atoms with Crippen molar-refractivity contribution in [3.63, 3.8) is 0 Å². The molecule has 4 nitrogen and oxygen atoms in total. The summed E-state index contributed by atoms with van der Waals surface area (Å²) in [6.07, 6.45) is 2.06. The molecule has 2 rings (SSSR count). The summed E-state index contributed by atoms with van der Waals surface area (Å²) in [6, 6.07) is 7.47. The summed E-state index contributed by atoms with van der Waals surface area (Å²) in [5.74, 6) is 0. The highest BCUT2D eigenvalue weighted by atomic mass is 32.2. The third-order valence-electron chi connectivity index (χ3n) is 4.04. The van der Waals surface area contributed by atoms with Gasteiger partial charge in [0, 0.05) is 25.2 Å². The van der Waals surface area contributed by atoms with Gasteiger partial charge in [0.2, 0.25) is 10.0 Å². The molecule has 1 fully saturated rings. The van der Waals surface area contributed by atoms with Crippen LogP contribution in [0.15, 0.2) is 29.2 Å². The minimum absolute atomic E-state index is 0.0240. The molecule has 1 aromatic carbocycles. The first-order valence-electron chi connectivity index (χ1n) is 7.31. The summed E-state index contributed by atoms with van der Waals surface area (Å²) in [6.45, 7) is 7.34. The Labute approximate surface area is 122 Å². The van der Waals surface area contributed by atoms with Crippen LogP contribution in [0.4, 0.5) is 0 Å². The molecule has 1 aliphatic rings. The Balaban J connectivity index is 2.25. The number of benzene rings is 1. The number of nitrogens with one attached hydrogen (secondary N) is 1. The lowest BCUT2D eigenvalue weighted by molar-refractivity contribution is 0.233. The maximum absolute atomic E-state index is 12.7. The summed E-state index contributed by atoms with van der Waals surface area (Å²) in [5.41, 5.74) is 1.19. The fourth-order valence-corrected chi connectivity index (χ4v) is 4.32. The second-order valence-corrected chi connectivity index (χ2v) is 7.38. The molecule has 0 aliphatic carbocycles. The minimum Gasteiger partial charge on any atom is -0.311 e. The van der Waals surface area contributed by atoms with Crippen molar-refractivity contribution in [2.75, 3.05) is 13.1 Å². The molecule has 1 heterocycles. The molecular weight excluding hydrogens is 272 g/mol. The SMILES string of the molecule is CCCc1ccc(S(=O)(=O)N2CCNC(C)C2C)cc1. The predicted octanol–water partition coefficient (Wildman–Crippen LogP) is 2.01. The van der Waals surface area contributed by atoms with Crippen LogP contribution in [0.1, 0.15) is 32.8 Å². The van der Waals surface area contributed by atoms with E-state index >= 15 is 0 Å². The minimum atomic E-state index is -3.38. The average molecular weight is 296 g/mol. The highest BCUT2D eigenvalue weighted by Crippen LogP contribution is 2.22. The quantitative estimate of drug-likeness (QED) is 0.924. The smallest absolute Gasteiger partial charge is 0.243 e. The highest BCUT2D eigenvalue weighted by Gasteiger charge is 2.34. The molecule has 0 bridgehead atoms. The van der Waals surface area contributed by atoms with Crippen LogP contribution in [-0.2, 0) is 16.4 Å². The maximum Gasteiger partial charge on any atom is 0.243 e. The molecule has 1 saturated heterocycles. The molecule has 112 valence electrons. The van der Waals surface area contributed by atoms with E-state index in [9.17, 15) is 8.42 Å². The van der Waals surface area contributed by atoms with E-state index < -0.39 is 10.0 Å². The standard InChI is InChI=1S/C15H24N2O2S/c1-4-5-14-6-8-15(9-7-14)20(18,19)17-11-10-16-12(2)13(17)3/h6-9,12-13,16H,4-5,10-11H2,1-3H3. The normalized spacial score (nSPS) is 24.8. The molecule has 1 aromatic rings. The van der Waals surface area contributed by atoms with Crippen molar-refractivity contribution in [2.45, 2.75) is 50.6 Å². The van der Waals surface area contributed by atoms with Gasteiger partial charge in [-0.05, 0) is 38.0 Å². The van der Waals surface area contributed by atoms with Gasteiger partial charge in [0.05, 0.1) is 4.90 Å². The number of piperazine rings is 1. The summed E-state index contributed by atoms with van der Waals surface area (Å²) in [5, 5.41) is 3.31. The van der Waals surface area contributed by atoms with E-state index in [4.69, 9.17) is 0 Å². The second-order valence-electron chi connectivity index (χ2n) is 5.49. The number of hydrogen-bond acceptors (Lipinski definition) is 3. The zero-order valence-corrected chi connectivity index (χ0v) is 13.3. The summed E-state index contributed by atoms with van der Waals surface area (Å²) < 4.78 is 27.0. The van der Waals surface area contributed by atoms with Crippen LogP contribution in [0, 0.1) is 0 Å². The van der Waals surface area contributed by atoms with Crippen LogP contribution in [0.3, 0.4) is 0 Å². The molecule has 0 spiro atoms. The predicted molar refractivity (Wildman–Crippen MR) is 81.3 cm³/mol. The van der Waals surface area contributed by atoms with Gasteiger partial charge < -0.3 is 5.32 Å². The van der Waals surface area contributed by atoms with Gasteiger partial charge in [0.25, 0.3) is 0 Å². The molecule has 0 amide bonds. The fraction of sp³-hybridized carbons (Fsp3) is 0.600. The van der Waals surface area contributed by atoms with Crippen LogP contribution in [-0.4, -0.2) is 37.9 Å². The van der Waals surface area contributed by atoms with Crippen molar-refractivity contribution in [1.82, 2.24) is 9.62 Å². The summed E-state index contributed by atoms with van der Waals surface area (Å²) >= 11 is 0. The molecule has 2 atom stereocenters. The Morgan fingerprint density at radius 2 is 1.90 bits per heavy atom. The molecule has 1 N–H and O–H groups in total. The van der Waals surface area contributed by atoms with Gasteiger partial charge in [-0.3, -0.25) is 0 Å². The summed E-state index contributed by atoms with van der Waals surface area (Å²) in [4.78, 5) is 0.401. The van der Waals surface area contributed by atoms with Crippen LogP contribution in [0.5, 0.6) is 0 Å². The third-order valence-corrected chi connectivity index (χ3v) is 6.05. The van der Waals surface area contributed by atoms with Gasteiger partial charge in [-0.1, -0.05) is 25.5 Å². The zero-order valence-electron chi connectivity index (χ0n) is 12.5. The third kappa shape index (κ3) is 3.05. The zero-order chi connectivity index (χ0) is 14.8. The van der Waals surface area contributed by atoms with Gasteiger partial charge >= 0.3 is 0 Å². The largest absolute Gasteiger partial charge is 0.311 e. The van der Waals surface area contributed by atoms with E-state index in [1.807, 2.05) is 26.0 Å². The van der Waals surface area contributed by atoms with E-state index in [2.05, 4.69) is 12.2 Å². The van der Waals surface area contributed by atoms with E-state index in [1.54, 1.807) is 16.4 Å². The number of sulfonamides is 1. The van der Waals surface area contributed by atoms with E-state index in [-0.39, 0.29) is 12.1 Å². The molecular formula is C15H24N2O2S. The number of aryl methyl sites for hydroxylation is 1. The number of hydrogen-bond donors (Lipinski definition) is 1. The molecule has 20 heavy (non-hydrogen) atoms. The van der Waals surface area contributed by atoms with Crippen molar-refractivity contribution < 1.29 is 8.42 Å². The van der Waals surface area contributed by atoms with Crippen molar-refractivity contribution >= 4 is 10.0 Å². The van der Waals surface area contributed by atoms with Crippen molar-refractivity contribution in [3.05, 3.63) is 29.8 Å². The Hall–Kier alpha value is -0.910. The molecule has 0 aromatic heterocycles. The Morgan fingerprint density at radius 1 is 1.25 bits per heavy atom. The molecule has 5 heteroatoms. The first-order chi connectivity index (χ1) is 9.46. The average Bonchev–Trinajstić information content (AvgIpc) is 2.42. The first kappa shape index (κ1) is 15.5. The molecule has 2 unspecified atom stereocenters. The van der Waals surface area contributed by atoms with Gasteiger partial charge in [-0.15, -0.1) is 0 Å². The molecule has 0 saturated carbocycles. The number of nitrogens with zero attached hydrogens (tertiary/aromatic N) is 1. The number of rotatable bonds is 4. The lowest BCUT2D eigenvalue weighted by atomic mass is 10.1. The van der Waals surface area contributed by atoms with Crippen LogP contribution in [0.25, 0.3) is 0 Å². The Morgan fingerprint density at radius 3 is 2.50 bits per heavy atom. The molecule has 1 aliphatic heterocycles. The topological polar surface area (TPSA) is 49.4 Å². The monoisotopic (exact) mass is 296 g/mol. The van der Waals surface area contributed by atoms with Crippen molar-refractivity contribution in [3.8, 4) is 0 Å². The Kier molecular flexibility index (Phi) is 4.83. The first-order valence-corrected chi connectivity index (χ1v) is 8.75. The lowest BCUT2D eigenvalue weighted by Gasteiger charge is -2.37. The van der Waals surface area contributed by atoms with Crippen LogP contribution < -0.4 is 5.32 Å². The molecule has 0 radical (unpaired) electrons. The van der Waals surface area contributed by atoms with Gasteiger partial charge in [0.1, 0.15) is 0 Å². The van der Waals surface area contributed by atoms with Crippen molar-refractivity contribution in [2.24, 2.45) is 0 Å². The van der Waals surface area contributed by atoms with Crippen molar-refractivity contribution in [1.29, 1.82) is 0 Å². The maximum atomic E-state index is 12.7. The van der Waals surface area contributed by atoms with Gasteiger partial charge in [-0.25, -0.2) is 8.42 Å². The van der Waals surface area contributed by atoms with E-state index in [0.717, 1.165) is 12.8 Å². The van der Waals surface area contributed by atoms with E-state index in [0.29, 0.717) is 18.0 Å². The lowest BCUT2D eigenvalue weighted by Crippen LogP contribution is -2.57. The van der Waals surface area contributed by atoms with Gasteiger partial charge in [0.15, 0.2) is 0 Å². The fourth-order valence-electron chi connectivity index (χ4n) is 2.62. The van der Waals surface area contributed by atoms with Crippen LogP contribution >= 0.6 is 0 Å². The second kappa shape index (κ2) is 6.24. The highest BCUT2D eigenvalue weighted by molar-refractivity contribution is 7.89. The van der Waals surface area contributed by atoms with Crippen LogP contribution in [0.2, 0.25) is 0 Å². The van der Waals surface area contributed by atoms with E-state index in [1.165, 1.54) is 5.56 Å². The Bertz CT molecular complexity index is 539. The summed E-state index contributed by atoms with van der Waals surface area (Å²) in [7, 11) is -3.38.